The number of rotatable bonds is 8. The molecule has 0 spiro atoms. The van der Waals surface area contributed by atoms with Gasteiger partial charge in [0.2, 0.25) is 0 Å². The van der Waals surface area contributed by atoms with E-state index in [1.54, 1.807) is 48.5 Å². The van der Waals surface area contributed by atoms with Crippen LogP contribution in [-0.4, -0.2) is 13.2 Å². The van der Waals surface area contributed by atoms with Crippen LogP contribution in [0.2, 0.25) is 10.0 Å². The Labute approximate surface area is 169 Å². The third-order valence-corrected chi connectivity index (χ3v) is 4.71. The number of ether oxygens (including phenoxy) is 1. The van der Waals surface area contributed by atoms with Crippen LogP contribution in [0.4, 0.5) is 8.78 Å². The van der Waals surface area contributed by atoms with Crippen LogP contribution in [0.15, 0.2) is 60.2 Å². The third kappa shape index (κ3) is 6.17. The van der Waals surface area contributed by atoms with Crippen LogP contribution in [0, 0.1) is 0 Å². The van der Waals surface area contributed by atoms with Crippen molar-refractivity contribution in [1.29, 1.82) is 0 Å². The quantitative estimate of drug-likeness (QED) is 0.429. The van der Waals surface area contributed by atoms with E-state index in [-0.39, 0.29) is 13.2 Å². The molecule has 0 aliphatic carbocycles. The highest BCUT2D eigenvalue weighted by Crippen LogP contribution is 2.27. The Morgan fingerprint density at radius 1 is 0.704 bits per heavy atom. The molecule has 0 N–H and O–H groups in total. The fourth-order valence-electron chi connectivity index (χ4n) is 2.81. The molecule has 0 saturated carbocycles. The summed E-state index contributed by atoms with van der Waals surface area (Å²) in [5.41, 5.74) is 2.55. The molecule has 0 bridgehead atoms. The SMILES string of the molecule is CCC(=C(F)COCC(F)=C(CC)c1ccc(Cl)cc1)c1ccc(Cl)cc1. The second kappa shape index (κ2) is 10.6. The Morgan fingerprint density at radius 2 is 1.04 bits per heavy atom. The zero-order valence-corrected chi connectivity index (χ0v) is 16.9. The molecule has 0 radical (unpaired) electrons. The Morgan fingerprint density at radius 3 is 1.33 bits per heavy atom. The topological polar surface area (TPSA) is 9.23 Å². The van der Waals surface area contributed by atoms with Gasteiger partial charge in [0.05, 0.1) is 13.2 Å². The lowest BCUT2D eigenvalue weighted by molar-refractivity contribution is 0.151. The first kappa shape index (κ1) is 21.6. The van der Waals surface area contributed by atoms with Gasteiger partial charge in [-0.2, -0.15) is 0 Å². The average molecular weight is 411 g/mol. The standard InChI is InChI=1S/C22H22Cl2F2O/c1-3-19(15-5-9-17(23)10-6-15)21(25)13-27-14-22(26)20(4-2)16-7-11-18(24)12-8-16/h5-12H,3-4,13-14H2,1-2H3. The summed E-state index contributed by atoms with van der Waals surface area (Å²) in [6.45, 7) is 3.16. The molecule has 0 fully saturated rings. The molecule has 0 heterocycles. The van der Waals surface area contributed by atoms with Crippen molar-refractivity contribution in [2.45, 2.75) is 26.7 Å². The summed E-state index contributed by atoms with van der Waals surface area (Å²) in [7, 11) is 0. The van der Waals surface area contributed by atoms with Crippen molar-refractivity contribution >= 4 is 34.3 Å². The Balaban J connectivity index is 2.08. The Hall–Kier alpha value is -1.68. The molecule has 0 aliphatic rings. The molecular weight excluding hydrogens is 389 g/mol. The summed E-state index contributed by atoms with van der Waals surface area (Å²) in [5.74, 6) is -0.811. The van der Waals surface area contributed by atoms with Crippen molar-refractivity contribution in [3.05, 3.63) is 81.4 Å². The van der Waals surface area contributed by atoms with Crippen LogP contribution >= 0.6 is 23.2 Å². The molecule has 5 heteroatoms. The van der Waals surface area contributed by atoms with Gasteiger partial charge in [-0.25, -0.2) is 8.78 Å². The average Bonchev–Trinajstić information content (AvgIpc) is 2.66. The summed E-state index contributed by atoms with van der Waals surface area (Å²) in [6, 6.07) is 13.9. The Bertz CT molecular complexity index is 740. The van der Waals surface area contributed by atoms with E-state index in [1.807, 2.05) is 13.8 Å². The Kier molecular flexibility index (Phi) is 8.49. The van der Waals surface area contributed by atoms with E-state index in [4.69, 9.17) is 27.9 Å². The van der Waals surface area contributed by atoms with Crippen LogP contribution in [0.3, 0.4) is 0 Å². The van der Waals surface area contributed by atoms with Crippen molar-refractivity contribution in [2.24, 2.45) is 0 Å². The van der Waals surface area contributed by atoms with Gasteiger partial charge in [0.1, 0.15) is 11.7 Å². The lowest BCUT2D eigenvalue weighted by Gasteiger charge is -2.11. The fourth-order valence-corrected chi connectivity index (χ4v) is 3.06. The second-order valence-electron chi connectivity index (χ2n) is 5.98. The van der Waals surface area contributed by atoms with Gasteiger partial charge in [0.15, 0.2) is 0 Å². The van der Waals surface area contributed by atoms with E-state index in [0.717, 1.165) is 11.1 Å². The first-order valence-electron chi connectivity index (χ1n) is 8.80. The number of hydrogen-bond donors (Lipinski definition) is 0. The largest absolute Gasteiger partial charge is 0.367 e. The lowest BCUT2D eigenvalue weighted by atomic mass is 10.0. The minimum Gasteiger partial charge on any atom is -0.367 e. The molecule has 0 aliphatic heterocycles. The van der Waals surface area contributed by atoms with E-state index in [9.17, 15) is 8.78 Å². The van der Waals surface area contributed by atoms with Crippen LogP contribution in [0.25, 0.3) is 11.1 Å². The van der Waals surface area contributed by atoms with Gasteiger partial charge in [-0.05, 0) is 59.4 Å². The molecule has 1 nitrogen and oxygen atoms in total. The first-order valence-corrected chi connectivity index (χ1v) is 9.56. The zero-order valence-electron chi connectivity index (χ0n) is 15.4. The van der Waals surface area contributed by atoms with Gasteiger partial charge in [0.25, 0.3) is 0 Å². The van der Waals surface area contributed by atoms with Crippen molar-refractivity contribution in [2.75, 3.05) is 13.2 Å². The summed E-state index contributed by atoms with van der Waals surface area (Å²) < 4.78 is 34.3. The molecule has 0 saturated heterocycles. The summed E-state index contributed by atoms with van der Waals surface area (Å²) in [5, 5.41) is 1.18. The summed E-state index contributed by atoms with van der Waals surface area (Å²) >= 11 is 11.7. The number of benzene rings is 2. The molecule has 0 amide bonds. The van der Waals surface area contributed by atoms with Gasteiger partial charge in [0, 0.05) is 10.0 Å². The van der Waals surface area contributed by atoms with E-state index in [2.05, 4.69) is 0 Å². The molecule has 2 rings (SSSR count). The highest BCUT2D eigenvalue weighted by atomic mass is 35.5. The zero-order chi connectivity index (χ0) is 19.8. The van der Waals surface area contributed by atoms with E-state index in [0.29, 0.717) is 34.0 Å². The van der Waals surface area contributed by atoms with Crippen molar-refractivity contribution in [3.8, 4) is 0 Å². The number of halogens is 4. The first-order chi connectivity index (χ1) is 13.0. The monoisotopic (exact) mass is 410 g/mol. The molecule has 2 aromatic rings. The van der Waals surface area contributed by atoms with Crippen molar-refractivity contribution < 1.29 is 13.5 Å². The van der Waals surface area contributed by atoms with Crippen LogP contribution < -0.4 is 0 Å². The maximum absolute atomic E-state index is 14.5. The molecule has 2 aromatic carbocycles. The van der Waals surface area contributed by atoms with E-state index < -0.39 is 11.7 Å². The predicted molar refractivity (Wildman–Crippen MR) is 110 cm³/mol. The highest BCUT2D eigenvalue weighted by molar-refractivity contribution is 6.30. The summed E-state index contributed by atoms with van der Waals surface area (Å²) in [4.78, 5) is 0. The van der Waals surface area contributed by atoms with E-state index in [1.165, 1.54) is 0 Å². The van der Waals surface area contributed by atoms with Crippen molar-refractivity contribution in [3.63, 3.8) is 0 Å². The molecular formula is C22H22Cl2F2O. The smallest absolute Gasteiger partial charge is 0.129 e. The second-order valence-corrected chi connectivity index (χ2v) is 6.85. The summed E-state index contributed by atoms with van der Waals surface area (Å²) in [6.07, 6.45) is 1.00. The van der Waals surface area contributed by atoms with Crippen LogP contribution in [0.1, 0.15) is 37.8 Å². The lowest BCUT2D eigenvalue weighted by Crippen LogP contribution is -2.02. The molecule has 144 valence electrons. The fraction of sp³-hybridized carbons (Fsp3) is 0.273. The van der Waals surface area contributed by atoms with Gasteiger partial charge in [-0.3, -0.25) is 0 Å². The van der Waals surface area contributed by atoms with Crippen LogP contribution in [-0.2, 0) is 4.74 Å². The highest BCUT2D eigenvalue weighted by Gasteiger charge is 2.11. The number of allylic oxidation sites excluding steroid dienone is 2. The van der Waals surface area contributed by atoms with Gasteiger partial charge >= 0.3 is 0 Å². The van der Waals surface area contributed by atoms with Gasteiger partial charge in [-0.15, -0.1) is 0 Å². The van der Waals surface area contributed by atoms with Crippen LogP contribution in [0.5, 0.6) is 0 Å². The third-order valence-electron chi connectivity index (χ3n) is 4.20. The molecule has 0 atom stereocenters. The normalized spacial score (nSPS) is 13.3. The minimum atomic E-state index is -0.405. The van der Waals surface area contributed by atoms with Crippen molar-refractivity contribution in [1.82, 2.24) is 0 Å². The number of hydrogen-bond acceptors (Lipinski definition) is 1. The maximum Gasteiger partial charge on any atom is 0.129 e. The maximum atomic E-state index is 14.5. The van der Waals surface area contributed by atoms with Gasteiger partial charge in [-0.1, -0.05) is 61.3 Å². The minimum absolute atomic E-state index is 0.281. The van der Waals surface area contributed by atoms with E-state index >= 15 is 0 Å². The predicted octanol–water partition coefficient (Wildman–Crippen LogP) is 7.89. The molecule has 27 heavy (non-hydrogen) atoms. The molecule has 0 aromatic heterocycles. The molecule has 0 unspecified atom stereocenters. The van der Waals surface area contributed by atoms with Gasteiger partial charge < -0.3 is 4.74 Å².